The summed E-state index contributed by atoms with van der Waals surface area (Å²) in [5.41, 5.74) is 0.551. The van der Waals surface area contributed by atoms with Gasteiger partial charge in [0.2, 0.25) is 0 Å². The fraction of sp³-hybridized carbons (Fsp3) is 0.583. The molecule has 90 valence electrons. The van der Waals surface area contributed by atoms with Crippen LogP contribution in [0.2, 0.25) is 0 Å². The van der Waals surface area contributed by atoms with Crippen molar-refractivity contribution in [2.24, 2.45) is 5.92 Å². The molecule has 1 saturated heterocycles. The second-order valence-corrected chi connectivity index (χ2v) is 4.44. The van der Waals surface area contributed by atoms with Crippen LogP contribution in [0.15, 0.2) is 12.3 Å². The molecule has 1 aliphatic heterocycles. The fourth-order valence-corrected chi connectivity index (χ4v) is 2.17. The molecule has 1 aromatic rings. The zero-order chi connectivity index (χ0) is 12.1. The average molecular weight is 231 g/mol. The van der Waals surface area contributed by atoms with Crippen molar-refractivity contribution in [1.29, 1.82) is 5.26 Å². The van der Waals surface area contributed by atoms with Crippen LogP contribution in [-0.4, -0.2) is 29.3 Å². The SMILES string of the molecule is CC(Nc1nnccc1C#N)C1CCCNC1. The first-order valence-corrected chi connectivity index (χ1v) is 6.00. The summed E-state index contributed by atoms with van der Waals surface area (Å²) in [4.78, 5) is 0. The monoisotopic (exact) mass is 231 g/mol. The Labute approximate surface area is 101 Å². The second-order valence-electron chi connectivity index (χ2n) is 4.44. The molecule has 17 heavy (non-hydrogen) atoms. The molecule has 1 fully saturated rings. The largest absolute Gasteiger partial charge is 0.365 e. The highest BCUT2D eigenvalue weighted by molar-refractivity contribution is 5.50. The van der Waals surface area contributed by atoms with Crippen molar-refractivity contribution in [3.8, 4) is 6.07 Å². The van der Waals surface area contributed by atoms with Gasteiger partial charge in [-0.1, -0.05) is 0 Å². The first kappa shape index (κ1) is 11.8. The lowest BCUT2D eigenvalue weighted by Gasteiger charge is -2.29. The molecule has 0 bridgehead atoms. The number of hydrogen-bond acceptors (Lipinski definition) is 5. The van der Waals surface area contributed by atoms with Gasteiger partial charge in [0.1, 0.15) is 6.07 Å². The number of piperidine rings is 1. The highest BCUT2D eigenvalue weighted by atomic mass is 15.2. The molecule has 2 heterocycles. The maximum absolute atomic E-state index is 8.97. The van der Waals surface area contributed by atoms with Gasteiger partial charge in [-0.3, -0.25) is 0 Å². The molecule has 0 spiro atoms. The number of aromatic nitrogens is 2. The smallest absolute Gasteiger partial charge is 0.166 e. The molecule has 5 heteroatoms. The number of anilines is 1. The van der Waals surface area contributed by atoms with Gasteiger partial charge in [-0.2, -0.15) is 10.4 Å². The maximum atomic E-state index is 8.97. The van der Waals surface area contributed by atoms with Gasteiger partial charge in [0.05, 0.1) is 11.8 Å². The topological polar surface area (TPSA) is 73.6 Å². The van der Waals surface area contributed by atoms with E-state index in [1.165, 1.54) is 19.0 Å². The third-order valence-electron chi connectivity index (χ3n) is 3.25. The van der Waals surface area contributed by atoms with E-state index in [1.807, 2.05) is 0 Å². The van der Waals surface area contributed by atoms with Crippen LogP contribution >= 0.6 is 0 Å². The van der Waals surface area contributed by atoms with Crippen molar-refractivity contribution in [3.05, 3.63) is 17.8 Å². The summed E-state index contributed by atoms with van der Waals surface area (Å²) in [6.07, 6.45) is 3.96. The first-order valence-electron chi connectivity index (χ1n) is 6.00. The van der Waals surface area contributed by atoms with E-state index >= 15 is 0 Å². The van der Waals surface area contributed by atoms with Crippen LogP contribution in [0.4, 0.5) is 5.82 Å². The maximum Gasteiger partial charge on any atom is 0.166 e. The minimum atomic E-state index is 0.298. The lowest BCUT2D eigenvalue weighted by atomic mass is 9.93. The predicted octanol–water partition coefficient (Wildman–Crippen LogP) is 1.15. The Balaban J connectivity index is 2.02. The van der Waals surface area contributed by atoms with Crippen molar-refractivity contribution >= 4 is 5.82 Å². The van der Waals surface area contributed by atoms with Crippen molar-refractivity contribution in [3.63, 3.8) is 0 Å². The van der Waals surface area contributed by atoms with Gasteiger partial charge >= 0.3 is 0 Å². The lowest BCUT2D eigenvalue weighted by molar-refractivity contribution is 0.346. The molecule has 2 N–H and O–H groups in total. The van der Waals surface area contributed by atoms with E-state index in [0.717, 1.165) is 13.1 Å². The van der Waals surface area contributed by atoms with Crippen LogP contribution in [0.1, 0.15) is 25.3 Å². The van der Waals surface area contributed by atoms with Crippen LogP contribution < -0.4 is 10.6 Å². The fourth-order valence-electron chi connectivity index (χ4n) is 2.17. The minimum Gasteiger partial charge on any atom is -0.365 e. The predicted molar refractivity (Wildman–Crippen MR) is 65.4 cm³/mol. The van der Waals surface area contributed by atoms with Crippen LogP contribution in [0.25, 0.3) is 0 Å². The van der Waals surface area contributed by atoms with Crippen LogP contribution in [0, 0.1) is 17.2 Å². The molecule has 0 radical (unpaired) electrons. The molecule has 1 aliphatic rings. The molecular weight excluding hydrogens is 214 g/mol. The van der Waals surface area contributed by atoms with Crippen molar-refractivity contribution in [1.82, 2.24) is 15.5 Å². The molecule has 1 aromatic heterocycles. The number of hydrogen-bond donors (Lipinski definition) is 2. The Morgan fingerprint density at radius 2 is 2.53 bits per heavy atom. The van der Waals surface area contributed by atoms with Crippen LogP contribution in [0.3, 0.4) is 0 Å². The molecule has 0 saturated carbocycles. The van der Waals surface area contributed by atoms with E-state index < -0.39 is 0 Å². The molecule has 0 amide bonds. The normalized spacial score (nSPS) is 21.5. The van der Waals surface area contributed by atoms with Crippen LogP contribution in [0.5, 0.6) is 0 Å². The summed E-state index contributed by atoms with van der Waals surface area (Å²) in [7, 11) is 0. The number of nitrogens with zero attached hydrogens (tertiary/aromatic N) is 3. The third kappa shape index (κ3) is 2.92. The summed E-state index contributed by atoms with van der Waals surface area (Å²) in [6, 6.07) is 4.10. The lowest BCUT2D eigenvalue weighted by Crippen LogP contribution is -2.39. The van der Waals surface area contributed by atoms with Gasteiger partial charge < -0.3 is 10.6 Å². The highest BCUT2D eigenvalue weighted by Gasteiger charge is 2.20. The van der Waals surface area contributed by atoms with Crippen molar-refractivity contribution in [2.45, 2.75) is 25.8 Å². The summed E-state index contributed by atoms with van der Waals surface area (Å²) >= 11 is 0. The first-order chi connectivity index (χ1) is 8.31. The summed E-state index contributed by atoms with van der Waals surface area (Å²) in [5, 5.41) is 23.4. The van der Waals surface area contributed by atoms with Gasteiger partial charge in [-0.15, -0.1) is 5.10 Å². The van der Waals surface area contributed by atoms with E-state index in [-0.39, 0.29) is 0 Å². The van der Waals surface area contributed by atoms with Gasteiger partial charge in [-0.05, 0) is 44.8 Å². The van der Waals surface area contributed by atoms with Gasteiger partial charge in [0.15, 0.2) is 5.82 Å². The van der Waals surface area contributed by atoms with Crippen LogP contribution in [-0.2, 0) is 0 Å². The number of nitrogens with one attached hydrogen (secondary N) is 2. The highest BCUT2D eigenvalue weighted by Crippen LogP contribution is 2.18. The third-order valence-corrected chi connectivity index (χ3v) is 3.25. The summed E-state index contributed by atoms with van der Waals surface area (Å²) in [6.45, 7) is 4.27. The Morgan fingerprint density at radius 1 is 1.65 bits per heavy atom. The Morgan fingerprint density at radius 3 is 3.24 bits per heavy atom. The molecule has 0 aromatic carbocycles. The Kier molecular flexibility index (Phi) is 3.89. The Hall–Kier alpha value is -1.67. The van der Waals surface area contributed by atoms with Gasteiger partial charge in [-0.25, -0.2) is 0 Å². The standard InChI is InChI=1S/C12H17N5/c1-9(11-3-2-5-14-8-11)16-12-10(7-13)4-6-15-17-12/h4,6,9,11,14H,2-3,5,8H2,1H3,(H,16,17). The van der Waals surface area contributed by atoms with E-state index in [2.05, 4.69) is 33.8 Å². The second kappa shape index (κ2) is 5.60. The zero-order valence-corrected chi connectivity index (χ0v) is 9.98. The van der Waals surface area contributed by atoms with E-state index in [0.29, 0.717) is 23.3 Å². The van der Waals surface area contributed by atoms with E-state index in [1.54, 1.807) is 6.07 Å². The Bertz CT molecular complexity index is 406. The molecular formula is C12H17N5. The summed E-state index contributed by atoms with van der Waals surface area (Å²) in [5.74, 6) is 1.17. The van der Waals surface area contributed by atoms with Gasteiger partial charge in [0.25, 0.3) is 0 Å². The minimum absolute atomic E-state index is 0.298. The molecule has 0 aliphatic carbocycles. The van der Waals surface area contributed by atoms with E-state index in [9.17, 15) is 0 Å². The zero-order valence-electron chi connectivity index (χ0n) is 9.98. The van der Waals surface area contributed by atoms with Crippen molar-refractivity contribution < 1.29 is 0 Å². The summed E-state index contributed by atoms with van der Waals surface area (Å²) < 4.78 is 0. The molecule has 2 rings (SSSR count). The number of nitriles is 1. The quantitative estimate of drug-likeness (QED) is 0.816. The van der Waals surface area contributed by atoms with E-state index in [4.69, 9.17) is 5.26 Å². The molecule has 2 atom stereocenters. The van der Waals surface area contributed by atoms with Crippen molar-refractivity contribution in [2.75, 3.05) is 18.4 Å². The molecule has 2 unspecified atom stereocenters. The molecule has 5 nitrogen and oxygen atoms in total. The van der Waals surface area contributed by atoms with Gasteiger partial charge in [0, 0.05) is 6.04 Å². The average Bonchev–Trinajstić information content (AvgIpc) is 2.40. The number of rotatable bonds is 3.